The second kappa shape index (κ2) is 2.05. The van der Waals surface area contributed by atoms with Crippen LogP contribution in [0.1, 0.15) is 13.3 Å². The zero-order valence-electron chi connectivity index (χ0n) is 5.10. The average molecular weight is 128 g/mol. The number of carbonyl (C=O) groups excluding carboxylic acids is 2. The lowest BCUT2D eigenvalue weighted by Gasteiger charge is -2.20. The van der Waals surface area contributed by atoms with Gasteiger partial charge in [-0.3, -0.25) is 9.59 Å². The Morgan fingerprint density at radius 2 is 1.78 bits per heavy atom. The van der Waals surface area contributed by atoms with E-state index in [9.17, 15) is 9.59 Å². The van der Waals surface area contributed by atoms with Crippen molar-refractivity contribution in [3.8, 4) is 0 Å². The fourth-order valence-electron chi connectivity index (χ4n) is 0.767. The van der Waals surface area contributed by atoms with Crippen LogP contribution >= 0.6 is 0 Å². The first-order valence-electron chi connectivity index (χ1n) is 2.77. The molecule has 1 saturated heterocycles. The SMILES string of the molecule is CC1NC(=O)CC(=O)N1. The molecule has 1 rings (SSSR count). The quantitative estimate of drug-likeness (QED) is 0.410. The van der Waals surface area contributed by atoms with E-state index in [0.29, 0.717) is 0 Å². The third kappa shape index (κ3) is 1.42. The van der Waals surface area contributed by atoms with Crippen molar-refractivity contribution in [3.63, 3.8) is 0 Å². The zero-order valence-corrected chi connectivity index (χ0v) is 5.10. The molecule has 1 aliphatic rings. The minimum Gasteiger partial charge on any atom is -0.336 e. The van der Waals surface area contributed by atoms with Crippen LogP contribution in [0.4, 0.5) is 0 Å². The summed E-state index contributed by atoms with van der Waals surface area (Å²) in [5, 5.41) is 5.08. The largest absolute Gasteiger partial charge is 0.336 e. The van der Waals surface area contributed by atoms with Gasteiger partial charge < -0.3 is 10.6 Å². The van der Waals surface area contributed by atoms with Gasteiger partial charge in [0, 0.05) is 0 Å². The standard InChI is InChI=1S/C5H8N2O2/c1-3-6-4(8)2-5(9)7-3/h3H,2H2,1H3,(H,6,8)(H,7,9). The molecular formula is C5H8N2O2. The third-order valence-corrected chi connectivity index (χ3v) is 1.08. The molecule has 0 radical (unpaired) electrons. The van der Waals surface area contributed by atoms with E-state index in [1.165, 1.54) is 0 Å². The van der Waals surface area contributed by atoms with Crippen molar-refractivity contribution in [2.45, 2.75) is 19.5 Å². The van der Waals surface area contributed by atoms with Crippen LogP contribution < -0.4 is 10.6 Å². The second-order valence-corrected chi connectivity index (χ2v) is 2.03. The van der Waals surface area contributed by atoms with Crippen LogP contribution in [0, 0.1) is 0 Å². The maximum Gasteiger partial charge on any atom is 0.231 e. The van der Waals surface area contributed by atoms with Gasteiger partial charge in [-0.25, -0.2) is 0 Å². The molecule has 50 valence electrons. The fourth-order valence-corrected chi connectivity index (χ4v) is 0.767. The first-order chi connectivity index (χ1) is 4.18. The normalized spacial score (nSPS) is 21.0. The van der Waals surface area contributed by atoms with Crippen molar-refractivity contribution < 1.29 is 9.59 Å². The Balaban J connectivity index is 2.53. The molecule has 1 heterocycles. The lowest BCUT2D eigenvalue weighted by Crippen LogP contribution is -2.52. The zero-order chi connectivity index (χ0) is 6.85. The summed E-state index contributed by atoms with van der Waals surface area (Å²) < 4.78 is 0. The van der Waals surface area contributed by atoms with Gasteiger partial charge in [-0.05, 0) is 6.92 Å². The number of hydrogen-bond donors (Lipinski definition) is 2. The summed E-state index contributed by atoms with van der Waals surface area (Å²) in [6, 6.07) is 0. The van der Waals surface area contributed by atoms with Gasteiger partial charge in [-0.2, -0.15) is 0 Å². The molecule has 0 spiro atoms. The van der Waals surface area contributed by atoms with Gasteiger partial charge in [-0.1, -0.05) is 0 Å². The molecule has 0 aliphatic carbocycles. The number of rotatable bonds is 0. The lowest BCUT2D eigenvalue weighted by molar-refractivity contribution is -0.133. The van der Waals surface area contributed by atoms with Crippen LogP contribution in [0.5, 0.6) is 0 Å². The van der Waals surface area contributed by atoms with Crippen LogP contribution in [0.15, 0.2) is 0 Å². The van der Waals surface area contributed by atoms with Crippen molar-refractivity contribution in [2.24, 2.45) is 0 Å². The number of carbonyl (C=O) groups is 2. The summed E-state index contributed by atoms with van der Waals surface area (Å²) in [5.41, 5.74) is 0. The Hall–Kier alpha value is -1.06. The molecule has 0 saturated carbocycles. The minimum absolute atomic E-state index is 0.0374. The molecule has 9 heavy (non-hydrogen) atoms. The van der Waals surface area contributed by atoms with Gasteiger partial charge in [-0.15, -0.1) is 0 Å². The van der Waals surface area contributed by atoms with E-state index >= 15 is 0 Å². The van der Waals surface area contributed by atoms with Gasteiger partial charge in [0.05, 0.1) is 6.17 Å². The molecule has 2 N–H and O–H groups in total. The smallest absolute Gasteiger partial charge is 0.231 e. The number of amides is 2. The lowest BCUT2D eigenvalue weighted by atomic mass is 10.3. The molecule has 2 amide bonds. The molecular weight excluding hydrogens is 120 g/mol. The highest BCUT2D eigenvalue weighted by molar-refractivity contribution is 5.99. The predicted molar refractivity (Wildman–Crippen MR) is 30.4 cm³/mol. The molecule has 1 aliphatic heterocycles. The Morgan fingerprint density at radius 1 is 1.33 bits per heavy atom. The Bertz CT molecular complexity index is 139. The summed E-state index contributed by atoms with van der Waals surface area (Å²) >= 11 is 0. The van der Waals surface area contributed by atoms with Crippen LogP contribution in [0.25, 0.3) is 0 Å². The second-order valence-electron chi connectivity index (χ2n) is 2.03. The van der Waals surface area contributed by atoms with Gasteiger partial charge in [0.25, 0.3) is 0 Å². The highest BCUT2D eigenvalue weighted by Gasteiger charge is 2.18. The van der Waals surface area contributed by atoms with Crippen LogP contribution in [-0.4, -0.2) is 18.0 Å². The summed E-state index contributed by atoms with van der Waals surface area (Å²) in [5.74, 6) is -0.405. The van der Waals surface area contributed by atoms with Crippen molar-refractivity contribution in [2.75, 3.05) is 0 Å². The summed E-state index contributed by atoms with van der Waals surface area (Å²) in [4.78, 5) is 21.0. The first kappa shape index (κ1) is 6.07. The first-order valence-corrected chi connectivity index (χ1v) is 2.77. The monoisotopic (exact) mass is 128 g/mol. The molecule has 0 aromatic rings. The van der Waals surface area contributed by atoms with E-state index in [1.807, 2.05) is 0 Å². The van der Waals surface area contributed by atoms with Crippen molar-refractivity contribution in [1.82, 2.24) is 10.6 Å². The molecule has 0 aromatic carbocycles. The van der Waals surface area contributed by atoms with Crippen LogP contribution in [0.2, 0.25) is 0 Å². The highest BCUT2D eigenvalue weighted by Crippen LogP contribution is 1.89. The maximum atomic E-state index is 10.5. The van der Waals surface area contributed by atoms with Gasteiger partial charge in [0.1, 0.15) is 6.42 Å². The van der Waals surface area contributed by atoms with Crippen molar-refractivity contribution >= 4 is 11.8 Å². The van der Waals surface area contributed by atoms with E-state index < -0.39 is 0 Å². The maximum absolute atomic E-state index is 10.5. The van der Waals surface area contributed by atoms with Crippen LogP contribution in [-0.2, 0) is 9.59 Å². The fraction of sp³-hybridized carbons (Fsp3) is 0.600. The van der Waals surface area contributed by atoms with E-state index in [1.54, 1.807) is 6.92 Å². The molecule has 0 bridgehead atoms. The minimum atomic E-state index is -0.209. The molecule has 0 atom stereocenters. The molecule has 0 unspecified atom stereocenters. The Morgan fingerprint density at radius 3 is 2.11 bits per heavy atom. The highest BCUT2D eigenvalue weighted by atomic mass is 16.2. The van der Waals surface area contributed by atoms with E-state index in [-0.39, 0.29) is 24.4 Å². The van der Waals surface area contributed by atoms with Crippen molar-refractivity contribution in [1.29, 1.82) is 0 Å². The van der Waals surface area contributed by atoms with E-state index in [0.717, 1.165) is 0 Å². The van der Waals surface area contributed by atoms with Crippen molar-refractivity contribution in [3.05, 3.63) is 0 Å². The van der Waals surface area contributed by atoms with E-state index in [4.69, 9.17) is 0 Å². The Labute approximate surface area is 52.6 Å². The third-order valence-electron chi connectivity index (χ3n) is 1.08. The summed E-state index contributed by atoms with van der Waals surface area (Å²) in [7, 11) is 0. The van der Waals surface area contributed by atoms with Gasteiger partial charge in [0.15, 0.2) is 0 Å². The summed E-state index contributed by atoms with van der Waals surface area (Å²) in [6.45, 7) is 1.72. The van der Waals surface area contributed by atoms with E-state index in [2.05, 4.69) is 10.6 Å². The average Bonchev–Trinajstić information content (AvgIpc) is 1.59. The predicted octanol–water partition coefficient (Wildman–Crippen LogP) is -1.03. The molecule has 4 nitrogen and oxygen atoms in total. The number of hydrogen-bond acceptors (Lipinski definition) is 2. The number of nitrogens with one attached hydrogen (secondary N) is 2. The van der Waals surface area contributed by atoms with Crippen LogP contribution in [0.3, 0.4) is 0 Å². The van der Waals surface area contributed by atoms with Gasteiger partial charge in [0.2, 0.25) is 11.8 Å². The molecule has 1 fully saturated rings. The van der Waals surface area contributed by atoms with Gasteiger partial charge >= 0.3 is 0 Å². The molecule has 0 aromatic heterocycles. The summed E-state index contributed by atoms with van der Waals surface area (Å²) in [6.07, 6.45) is -0.247. The topological polar surface area (TPSA) is 58.2 Å². The Kier molecular flexibility index (Phi) is 1.38. The molecule has 4 heteroatoms.